The van der Waals surface area contributed by atoms with Crippen molar-refractivity contribution in [2.75, 3.05) is 0 Å². The second kappa shape index (κ2) is 6.76. The molecule has 0 aromatic heterocycles. The van der Waals surface area contributed by atoms with E-state index in [-0.39, 0.29) is 10.6 Å². The van der Waals surface area contributed by atoms with Gasteiger partial charge in [0.1, 0.15) is 0 Å². The number of sulfonamides is 1. The van der Waals surface area contributed by atoms with Crippen LogP contribution in [0.3, 0.4) is 0 Å². The molecule has 9 heteroatoms. The molecular formula is C14H12ClN3O4S. The summed E-state index contributed by atoms with van der Waals surface area (Å²) in [6.45, 7) is 1.59. The lowest BCUT2D eigenvalue weighted by Crippen LogP contribution is -2.19. The highest BCUT2D eigenvalue weighted by atomic mass is 35.5. The number of halogens is 1. The van der Waals surface area contributed by atoms with Crippen molar-refractivity contribution in [1.29, 1.82) is 0 Å². The standard InChI is InChI=1S/C14H12ClN3O4S/c1-10(11-2-6-13(7-3-11)18(19)20)16-17-23(21,22)14-8-4-12(15)5-9-14/h2-9,17H,1H3/b16-10-. The van der Waals surface area contributed by atoms with Crippen molar-refractivity contribution in [3.63, 3.8) is 0 Å². The van der Waals surface area contributed by atoms with Crippen LogP contribution < -0.4 is 4.83 Å². The Kier molecular flexibility index (Phi) is 4.97. The van der Waals surface area contributed by atoms with E-state index in [0.29, 0.717) is 16.3 Å². The normalized spacial score (nSPS) is 12.0. The maximum Gasteiger partial charge on any atom is 0.276 e. The van der Waals surface area contributed by atoms with E-state index in [0.717, 1.165) is 0 Å². The number of nitro benzene ring substituents is 1. The Hall–Kier alpha value is -2.45. The molecule has 0 amide bonds. The molecule has 0 fully saturated rings. The molecule has 0 bridgehead atoms. The minimum absolute atomic E-state index is 0.0298. The van der Waals surface area contributed by atoms with Gasteiger partial charge in [0.2, 0.25) is 0 Å². The molecule has 0 heterocycles. The van der Waals surface area contributed by atoms with Crippen LogP contribution in [-0.2, 0) is 10.0 Å². The summed E-state index contributed by atoms with van der Waals surface area (Å²) < 4.78 is 24.1. The number of rotatable bonds is 5. The molecule has 7 nitrogen and oxygen atoms in total. The van der Waals surface area contributed by atoms with Crippen LogP contribution in [0.25, 0.3) is 0 Å². The molecule has 2 aromatic rings. The first-order valence-electron chi connectivity index (χ1n) is 6.36. The predicted molar refractivity (Wildman–Crippen MR) is 87.1 cm³/mol. The van der Waals surface area contributed by atoms with Crippen molar-refractivity contribution in [2.24, 2.45) is 5.10 Å². The van der Waals surface area contributed by atoms with Gasteiger partial charge in [0.05, 0.1) is 15.5 Å². The molecule has 0 saturated heterocycles. The van der Waals surface area contributed by atoms with Gasteiger partial charge >= 0.3 is 0 Å². The van der Waals surface area contributed by atoms with Gasteiger partial charge < -0.3 is 0 Å². The third kappa shape index (κ3) is 4.27. The van der Waals surface area contributed by atoms with Crippen LogP contribution in [0, 0.1) is 10.1 Å². The topological polar surface area (TPSA) is 102 Å². The molecule has 1 N–H and O–H groups in total. The monoisotopic (exact) mass is 353 g/mol. The van der Waals surface area contributed by atoms with Crippen molar-refractivity contribution < 1.29 is 13.3 Å². The largest absolute Gasteiger partial charge is 0.276 e. The van der Waals surface area contributed by atoms with Gasteiger partial charge in [-0.1, -0.05) is 11.6 Å². The van der Waals surface area contributed by atoms with Crippen LogP contribution in [0.5, 0.6) is 0 Å². The second-order valence-electron chi connectivity index (χ2n) is 4.55. The zero-order valence-corrected chi connectivity index (χ0v) is 13.5. The first kappa shape index (κ1) is 16.9. The number of hydrogen-bond acceptors (Lipinski definition) is 5. The van der Waals surface area contributed by atoms with Gasteiger partial charge in [0.25, 0.3) is 15.7 Å². The van der Waals surface area contributed by atoms with E-state index in [1.165, 1.54) is 48.5 Å². The molecule has 0 saturated carbocycles. The van der Waals surface area contributed by atoms with Gasteiger partial charge in [0, 0.05) is 17.2 Å². The van der Waals surface area contributed by atoms with Gasteiger partial charge in [-0.05, 0) is 48.9 Å². The Morgan fingerprint density at radius 3 is 2.22 bits per heavy atom. The molecule has 2 aromatic carbocycles. The third-order valence-electron chi connectivity index (χ3n) is 2.95. The molecule has 0 spiro atoms. The quantitative estimate of drug-likeness (QED) is 0.507. The van der Waals surface area contributed by atoms with Crippen molar-refractivity contribution in [3.05, 3.63) is 69.2 Å². The Morgan fingerprint density at radius 2 is 1.70 bits per heavy atom. The molecule has 0 unspecified atom stereocenters. The van der Waals surface area contributed by atoms with E-state index in [2.05, 4.69) is 9.93 Å². The highest BCUT2D eigenvalue weighted by Crippen LogP contribution is 2.15. The van der Waals surface area contributed by atoms with Crippen LogP contribution in [0.2, 0.25) is 5.02 Å². The smallest absolute Gasteiger partial charge is 0.258 e. The van der Waals surface area contributed by atoms with Crippen molar-refractivity contribution in [3.8, 4) is 0 Å². The molecule has 0 atom stereocenters. The van der Waals surface area contributed by atoms with E-state index in [9.17, 15) is 18.5 Å². The van der Waals surface area contributed by atoms with E-state index < -0.39 is 14.9 Å². The fourth-order valence-corrected chi connectivity index (χ4v) is 2.67. The maximum atomic E-state index is 12.1. The average molecular weight is 354 g/mol. The average Bonchev–Trinajstić information content (AvgIpc) is 2.53. The van der Waals surface area contributed by atoms with E-state index in [1.807, 2.05) is 0 Å². The summed E-state index contributed by atoms with van der Waals surface area (Å²) in [5, 5.41) is 14.8. The van der Waals surface area contributed by atoms with Crippen LogP contribution in [0.15, 0.2) is 58.5 Å². The van der Waals surface area contributed by atoms with Crippen molar-refractivity contribution >= 4 is 33.0 Å². The fraction of sp³-hybridized carbons (Fsp3) is 0.0714. The van der Waals surface area contributed by atoms with Crippen molar-refractivity contribution in [2.45, 2.75) is 11.8 Å². The summed E-state index contributed by atoms with van der Waals surface area (Å²) in [5.74, 6) is 0. The van der Waals surface area contributed by atoms with Crippen LogP contribution in [-0.4, -0.2) is 19.1 Å². The number of nitrogens with one attached hydrogen (secondary N) is 1. The summed E-state index contributed by atoms with van der Waals surface area (Å²) in [6.07, 6.45) is 0. The summed E-state index contributed by atoms with van der Waals surface area (Å²) in [5.41, 5.74) is 0.884. The molecule has 23 heavy (non-hydrogen) atoms. The predicted octanol–water partition coefficient (Wildman–Crippen LogP) is 2.95. The van der Waals surface area contributed by atoms with E-state index in [1.54, 1.807) is 6.92 Å². The molecule has 0 radical (unpaired) electrons. The number of non-ortho nitro benzene ring substituents is 1. The van der Waals surface area contributed by atoms with Gasteiger partial charge in [0.15, 0.2) is 0 Å². The summed E-state index contributed by atoms with van der Waals surface area (Å²) in [6, 6.07) is 11.3. The van der Waals surface area contributed by atoms with Crippen LogP contribution in [0.1, 0.15) is 12.5 Å². The Morgan fingerprint density at radius 1 is 1.13 bits per heavy atom. The van der Waals surface area contributed by atoms with Gasteiger partial charge in [-0.2, -0.15) is 18.4 Å². The van der Waals surface area contributed by atoms with E-state index in [4.69, 9.17) is 11.6 Å². The zero-order chi connectivity index (χ0) is 17.0. The Labute approximate surface area is 137 Å². The highest BCUT2D eigenvalue weighted by Gasteiger charge is 2.13. The molecule has 0 aliphatic carbocycles. The minimum atomic E-state index is -3.81. The number of nitro groups is 1. The number of nitrogens with zero attached hydrogens (tertiary/aromatic N) is 2. The molecule has 0 aliphatic rings. The SMILES string of the molecule is C/C(=N/NS(=O)(=O)c1ccc(Cl)cc1)c1ccc([N+](=O)[O-])cc1. The number of hydrogen-bond donors (Lipinski definition) is 1. The Balaban J connectivity index is 2.18. The zero-order valence-electron chi connectivity index (χ0n) is 11.9. The summed E-state index contributed by atoms with van der Waals surface area (Å²) >= 11 is 5.71. The highest BCUT2D eigenvalue weighted by molar-refractivity contribution is 7.89. The van der Waals surface area contributed by atoms with Gasteiger partial charge in [-0.25, -0.2) is 0 Å². The summed E-state index contributed by atoms with van der Waals surface area (Å²) in [7, 11) is -3.81. The van der Waals surface area contributed by atoms with Gasteiger partial charge in [-0.3, -0.25) is 10.1 Å². The number of hydrazone groups is 1. The summed E-state index contributed by atoms with van der Waals surface area (Å²) in [4.78, 5) is 12.2. The van der Waals surface area contributed by atoms with E-state index >= 15 is 0 Å². The fourth-order valence-electron chi connectivity index (χ4n) is 1.68. The lowest BCUT2D eigenvalue weighted by atomic mass is 10.1. The first-order valence-corrected chi connectivity index (χ1v) is 8.22. The molecule has 2 rings (SSSR count). The maximum absolute atomic E-state index is 12.1. The van der Waals surface area contributed by atoms with Crippen molar-refractivity contribution in [1.82, 2.24) is 4.83 Å². The second-order valence-corrected chi connectivity index (χ2v) is 6.65. The number of benzene rings is 2. The minimum Gasteiger partial charge on any atom is -0.258 e. The van der Waals surface area contributed by atoms with Crippen LogP contribution in [0.4, 0.5) is 5.69 Å². The molecule has 0 aliphatic heterocycles. The molecular weight excluding hydrogens is 342 g/mol. The first-order chi connectivity index (χ1) is 10.8. The van der Waals surface area contributed by atoms with Gasteiger partial charge in [-0.15, -0.1) is 0 Å². The molecule has 120 valence electrons. The lowest BCUT2D eigenvalue weighted by molar-refractivity contribution is -0.384. The van der Waals surface area contributed by atoms with Crippen LogP contribution >= 0.6 is 11.6 Å². The third-order valence-corrected chi connectivity index (χ3v) is 4.43. The Bertz CT molecular complexity index is 847. The lowest BCUT2D eigenvalue weighted by Gasteiger charge is -2.05.